The zero-order chi connectivity index (χ0) is 23.5. The Hall–Kier alpha value is -2.78. The molecule has 2 heterocycles. The van der Waals surface area contributed by atoms with E-state index in [2.05, 4.69) is 25.1 Å². The first-order valence-corrected chi connectivity index (χ1v) is 11.7. The Balaban J connectivity index is 1.47. The number of nitrogens with one attached hydrogen (secondary N) is 1. The van der Waals surface area contributed by atoms with Gasteiger partial charge in [-0.05, 0) is 50.5 Å². The summed E-state index contributed by atoms with van der Waals surface area (Å²) in [7, 11) is 6.13. The van der Waals surface area contributed by atoms with Gasteiger partial charge in [-0.25, -0.2) is 9.97 Å². The number of amides is 1. The maximum atomic E-state index is 12.7. The lowest BCUT2D eigenvalue weighted by molar-refractivity contribution is 0.102. The molecule has 0 fully saturated rings. The number of aromatic nitrogens is 3. The first-order chi connectivity index (χ1) is 15.8. The van der Waals surface area contributed by atoms with Gasteiger partial charge in [0.2, 0.25) is 0 Å². The van der Waals surface area contributed by atoms with Gasteiger partial charge in [-0.2, -0.15) is 0 Å². The monoisotopic (exact) mass is 500 g/mol. The van der Waals surface area contributed by atoms with Gasteiger partial charge in [0.05, 0.1) is 33.3 Å². The number of hydrogen-bond acceptors (Lipinski definition) is 7. The number of likely N-dealkylation sites (N-methyl/N-ethyl adjacent to an activating group) is 2. The quantitative estimate of drug-likeness (QED) is 0.370. The molecular weight excluding hydrogens is 479 g/mol. The molecule has 1 N–H and O–H groups in total. The van der Waals surface area contributed by atoms with E-state index in [-0.39, 0.29) is 11.6 Å². The molecule has 0 aliphatic rings. The van der Waals surface area contributed by atoms with Gasteiger partial charge in [-0.3, -0.25) is 9.78 Å². The molecule has 33 heavy (non-hydrogen) atoms. The molecule has 0 saturated heterocycles. The summed E-state index contributed by atoms with van der Waals surface area (Å²) in [5.41, 5.74) is 3.03. The highest BCUT2D eigenvalue weighted by molar-refractivity contribution is 7.22. The van der Waals surface area contributed by atoms with Gasteiger partial charge in [0.15, 0.2) is 5.13 Å². The molecule has 0 atom stereocenters. The summed E-state index contributed by atoms with van der Waals surface area (Å²) >= 11 is 13.8. The lowest BCUT2D eigenvalue weighted by Gasteiger charge is -2.18. The zero-order valence-electron chi connectivity index (χ0n) is 18.3. The van der Waals surface area contributed by atoms with Gasteiger partial charge in [0.1, 0.15) is 5.69 Å². The summed E-state index contributed by atoms with van der Waals surface area (Å²) in [4.78, 5) is 30.2. The lowest BCUT2D eigenvalue weighted by Crippen LogP contribution is -2.28. The minimum atomic E-state index is -0.344. The number of anilines is 2. The molecule has 4 aromatic rings. The summed E-state index contributed by atoms with van der Waals surface area (Å²) in [5, 5.41) is 4.83. The van der Waals surface area contributed by atoms with E-state index in [1.165, 1.54) is 12.4 Å². The lowest BCUT2D eigenvalue weighted by atomic mass is 10.1. The third kappa shape index (κ3) is 5.59. The van der Waals surface area contributed by atoms with Crippen molar-refractivity contribution in [3.8, 4) is 11.3 Å². The molecule has 0 aliphatic heterocycles. The second-order valence-corrected chi connectivity index (χ2v) is 9.62. The molecule has 0 saturated carbocycles. The molecular formula is C23H22Cl2N6OS. The van der Waals surface area contributed by atoms with E-state index in [0.717, 1.165) is 28.4 Å². The van der Waals surface area contributed by atoms with Crippen LogP contribution in [0.25, 0.3) is 21.5 Å². The van der Waals surface area contributed by atoms with Crippen molar-refractivity contribution in [1.29, 1.82) is 0 Å². The van der Waals surface area contributed by atoms with Crippen molar-refractivity contribution in [3.63, 3.8) is 0 Å². The predicted molar refractivity (Wildman–Crippen MR) is 137 cm³/mol. The number of hydrogen-bond donors (Lipinski definition) is 1. The van der Waals surface area contributed by atoms with Crippen LogP contribution in [0.1, 0.15) is 10.5 Å². The maximum absolute atomic E-state index is 12.7. The Morgan fingerprint density at radius 1 is 1.03 bits per heavy atom. The third-order valence-electron chi connectivity index (χ3n) is 4.94. The molecule has 1 amide bonds. The van der Waals surface area contributed by atoms with E-state index in [9.17, 15) is 4.79 Å². The molecule has 0 bridgehead atoms. The predicted octanol–water partition coefficient (Wildman–Crippen LogP) is 5.31. The van der Waals surface area contributed by atoms with Crippen LogP contribution < -0.4 is 10.2 Å². The number of benzene rings is 2. The molecule has 0 spiro atoms. The average molecular weight is 501 g/mol. The topological polar surface area (TPSA) is 74.2 Å². The molecule has 0 unspecified atom stereocenters. The minimum absolute atomic E-state index is 0.206. The minimum Gasteiger partial charge on any atom is -0.350 e. The summed E-state index contributed by atoms with van der Waals surface area (Å²) < 4.78 is 0.998. The van der Waals surface area contributed by atoms with Gasteiger partial charge < -0.3 is 15.1 Å². The zero-order valence-corrected chi connectivity index (χ0v) is 20.7. The maximum Gasteiger partial charge on any atom is 0.275 e. The largest absolute Gasteiger partial charge is 0.350 e. The van der Waals surface area contributed by atoms with E-state index in [1.807, 2.05) is 39.3 Å². The van der Waals surface area contributed by atoms with Crippen LogP contribution in [0, 0.1) is 0 Å². The van der Waals surface area contributed by atoms with E-state index < -0.39 is 0 Å². The standard InChI is InChI=1S/C23H22Cl2N6OS/c1-30(2)8-9-31(3)23-29-18-7-5-15(11-21(18)33-23)28-22(32)20-13-26-19(12-27-20)16-6-4-14(24)10-17(16)25/h4-7,10-13H,8-9H2,1-3H3,(H,28,32). The van der Waals surface area contributed by atoms with Crippen molar-refractivity contribution in [1.82, 2.24) is 19.9 Å². The van der Waals surface area contributed by atoms with Crippen LogP contribution in [0.15, 0.2) is 48.8 Å². The fraction of sp³-hybridized carbons (Fsp3) is 0.217. The number of carbonyl (C=O) groups excluding carboxylic acids is 1. The summed E-state index contributed by atoms with van der Waals surface area (Å²) in [6.07, 6.45) is 2.95. The van der Waals surface area contributed by atoms with Crippen LogP contribution in [0.4, 0.5) is 10.8 Å². The van der Waals surface area contributed by atoms with Gasteiger partial charge in [-0.1, -0.05) is 34.5 Å². The fourth-order valence-corrected chi connectivity index (χ4v) is 4.57. The van der Waals surface area contributed by atoms with Crippen LogP contribution >= 0.6 is 34.5 Å². The van der Waals surface area contributed by atoms with E-state index >= 15 is 0 Å². The summed E-state index contributed by atoms with van der Waals surface area (Å²) in [6, 6.07) is 10.8. The smallest absolute Gasteiger partial charge is 0.275 e. The van der Waals surface area contributed by atoms with Crippen molar-refractivity contribution in [2.24, 2.45) is 0 Å². The average Bonchev–Trinajstić information content (AvgIpc) is 3.21. The highest BCUT2D eigenvalue weighted by Crippen LogP contribution is 2.31. The summed E-state index contributed by atoms with van der Waals surface area (Å²) in [6.45, 7) is 1.82. The van der Waals surface area contributed by atoms with Gasteiger partial charge in [0.25, 0.3) is 5.91 Å². The fourth-order valence-electron chi connectivity index (χ4n) is 3.08. The number of rotatable bonds is 7. The van der Waals surface area contributed by atoms with E-state index in [4.69, 9.17) is 28.2 Å². The van der Waals surface area contributed by atoms with Gasteiger partial charge in [-0.15, -0.1) is 0 Å². The van der Waals surface area contributed by atoms with Crippen LogP contribution in [0.5, 0.6) is 0 Å². The molecule has 4 rings (SSSR count). The van der Waals surface area contributed by atoms with Crippen LogP contribution in [-0.4, -0.2) is 60.0 Å². The molecule has 0 radical (unpaired) electrons. The second-order valence-electron chi connectivity index (χ2n) is 7.77. The molecule has 10 heteroatoms. The van der Waals surface area contributed by atoms with Crippen molar-refractivity contribution < 1.29 is 4.79 Å². The van der Waals surface area contributed by atoms with E-state index in [0.29, 0.717) is 27.0 Å². The number of fused-ring (bicyclic) bond motifs is 1. The van der Waals surface area contributed by atoms with Crippen LogP contribution in [0.2, 0.25) is 10.0 Å². The number of nitrogens with zero attached hydrogens (tertiary/aromatic N) is 5. The Bertz CT molecular complexity index is 1290. The Morgan fingerprint density at radius 2 is 1.85 bits per heavy atom. The van der Waals surface area contributed by atoms with E-state index in [1.54, 1.807) is 29.5 Å². The van der Waals surface area contributed by atoms with Crippen LogP contribution in [-0.2, 0) is 0 Å². The number of halogens is 2. The normalized spacial score (nSPS) is 11.2. The molecule has 7 nitrogen and oxygen atoms in total. The SMILES string of the molecule is CN(C)CCN(C)c1nc2ccc(NC(=O)c3cnc(-c4ccc(Cl)cc4Cl)cn3)cc2s1. The van der Waals surface area contributed by atoms with Crippen molar-refractivity contribution in [3.05, 3.63) is 64.5 Å². The molecule has 0 aliphatic carbocycles. The molecule has 2 aromatic heterocycles. The summed E-state index contributed by atoms with van der Waals surface area (Å²) in [5.74, 6) is -0.344. The van der Waals surface area contributed by atoms with Crippen molar-refractivity contribution >= 4 is 61.5 Å². The van der Waals surface area contributed by atoms with Gasteiger partial charge >= 0.3 is 0 Å². The number of thiazole rings is 1. The Labute approximate surface area is 206 Å². The first-order valence-electron chi connectivity index (χ1n) is 10.2. The number of carbonyl (C=O) groups is 1. The van der Waals surface area contributed by atoms with Crippen LogP contribution in [0.3, 0.4) is 0 Å². The highest BCUT2D eigenvalue weighted by Gasteiger charge is 2.13. The Morgan fingerprint density at radius 3 is 2.55 bits per heavy atom. The molecule has 170 valence electrons. The highest BCUT2D eigenvalue weighted by atomic mass is 35.5. The van der Waals surface area contributed by atoms with Crippen molar-refractivity contribution in [2.75, 3.05) is 44.4 Å². The van der Waals surface area contributed by atoms with Crippen molar-refractivity contribution in [2.45, 2.75) is 0 Å². The second kappa shape index (κ2) is 10.0. The van der Waals surface area contributed by atoms with Gasteiger partial charge in [0, 0.05) is 36.4 Å². The molecule has 2 aromatic carbocycles. The Kier molecular flexibility index (Phi) is 7.09. The first kappa shape index (κ1) is 23.4. The third-order valence-corrected chi connectivity index (χ3v) is 6.62.